The summed E-state index contributed by atoms with van der Waals surface area (Å²) in [6, 6.07) is 10.4. The monoisotopic (exact) mass is 338 g/mol. The number of hydrogen-bond acceptors (Lipinski definition) is 6. The molecule has 2 aromatic rings. The number of aliphatic imine (C=N–C) groups is 1. The van der Waals surface area contributed by atoms with Gasteiger partial charge in [-0.25, -0.2) is 0 Å². The number of nitro groups is 1. The number of fused-ring (bicyclic) bond motifs is 3. The normalized spacial score (nSPS) is 17.1. The van der Waals surface area contributed by atoms with E-state index in [1.807, 2.05) is 29.2 Å². The molecule has 1 amide bonds. The van der Waals surface area contributed by atoms with Crippen molar-refractivity contribution >= 4 is 35.2 Å². The lowest BCUT2D eigenvalue weighted by atomic mass is 10.2. The fourth-order valence-electron chi connectivity index (χ4n) is 3.03. The topological polar surface area (TPSA) is 92.2 Å². The van der Waals surface area contributed by atoms with Crippen molar-refractivity contribution in [3.05, 3.63) is 58.0 Å². The van der Waals surface area contributed by atoms with Crippen molar-refractivity contribution < 1.29 is 14.1 Å². The highest BCUT2D eigenvalue weighted by atomic mass is 16.6. The third-order valence-corrected chi connectivity index (χ3v) is 4.04. The van der Waals surface area contributed by atoms with E-state index in [-0.39, 0.29) is 11.6 Å². The van der Waals surface area contributed by atoms with Crippen molar-refractivity contribution in [2.24, 2.45) is 4.99 Å². The zero-order valence-electron chi connectivity index (χ0n) is 13.4. The summed E-state index contributed by atoms with van der Waals surface area (Å²) in [4.78, 5) is 30.5. The van der Waals surface area contributed by atoms with E-state index in [4.69, 9.17) is 4.42 Å². The van der Waals surface area contributed by atoms with Gasteiger partial charge in [-0.2, -0.15) is 4.99 Å². The average Bonchev–Trinajstić information content (AvgIpc) is 3.25. The van der Waals surface area contributed by atoms with Crippen LogP contribution < -0.4 is 9.80 Å². The Morgan fingerprint density at radius 3 is 2.68 bits per heavy atom. The van der Waals surface area contributed by atoms with Gasteiger partial charge in [-0.1, -0.05) is 19.1 Å². The Morgan fingerprint density at radius 1 is 1.24 bits per heavy atom. The number of nitrogens with zero attached hydrogens (tertiary/aromatic N) is 4. The van der Waals surface area contributed by atoms with Gasteiger partial charge in [0.2, 0.25) is 5.96 Å². The van der Waals surface area contributed by atoms with Crippen LogP contribution in [0.3, 0.4) is 0 Å². The summed E-state index contributed by atoms with van der Waals surface area (Å²) in [7, 11) is 0. The third-order valence-electron chi connectivity index (χ3n) is 4.04. The van der Waals surface area contributed by atoms with E-state index in [2.05, 4.69) is 11.9 Å². The Bertz CT molecular complexity index is 944. The van der Waals surface area contributed by atoms with Gasteiger partial charge in [-0.05, 0) is 24.6 Å². The molecule has 0 aliphatic carbocycles. The second kappa shape index (κ2) is 5.59. The second-order valence-electron chi connectivity index (χ2n) is 5.66. The molecule has 0 saturated heterocycles. The molecule has 0 fully saturated rings. The molecule has 1 aromatic carbocycles. The number of guanidine groups is 1. The molecule has 0 N–H and O–H groups in total. The molecular formula is C17H14N4O4. The maximum atomic E-state index is 12.4. The van der Waals surface area contributed by atoms with Crippen molar-refractivity contribution in [3.8, 4) is 0 Å². The molecule has 2 aliphatic heterocycles. The minimum Gasteiger partial charge on any atom is -0.401 e. The predicted octanol–water partition coefficient (Wildman–Crippen LogP) is 3.16. The number of rotatable bonds is 4. The van der Waals surface area contributed by atoms with Crippen LogP contribution in [0.5, 0.6) is 0 Å². The van der Waals surface area contributed by atoms with Crippen molar-refractivity contribution in [2.45, 2.75) is 13.3 Å². The highest BCUT2D eigenvalue weighted by Gasteiger charge is 2.41. The lowest BCUT2D eigenvalue weighted by Crippen LogP contribution is -2.35. The van der Waals surface area contributed by atoms with E-state index in [1.54, 1.807) is 4.90 Å². The van der Waals surface area contributed by atoms with Crippen LogP contribution in [0.15, 0.2) is 51.5 Å². The largest absolute Gasteiger partial charge is 0.433 e. The Morgan fingerprint density at radius 2 is 2.00 bits per heavy atom. The SMILES string of the molecule is CCCN1C2=NC(=O)C(=Cc3ccc([N+](=O)[O-])o3)N2c2ccccc21. The van der Waals surface area contributed by atoms with Crippen LogP contribution >= 0.6 is 0 Å². The van der Waals surface area contributed by atoms with Crippen LogP contribution in [-0.4, -0.2) is 23.3 Å². The van der Waals surface area contributed by atoms with Crippen molar-refractivity contribution in [1.82, 2.24) is 0 Å². The molecule has 2 aliphatic rings. The van der Waals surface area contributed by atoms with E-state index in [9.17, 15) is 14.9 Å². The van der Waals surface area contributed by atoms with Crippen molar-refractivity contribution in [3.63, 3.8) is 0 Å². The molecule has 25 heavy (non-hydrogen) atoms. The number of furan rings is 1. The molecule has 3 heterocycles. The van der Waals surface area contributed by atoms with E-state index in [0.717, 1.165) is 24.3 Å². The predicted molar refractivity (Wildman–Crippen MR) is 92.3 cm³/mol. The van der Waals surface area contributed by atoms with Gasteiger partial charge in [0.05, 0.1) is 17.4 Å². The minimum atomic E-state index is -0.617. The van der Waals surface area contributed by atoms with Gasteiger partial charge < -0.3 is 9.32 Å². The molecule has 0 spiro atoms. The first kappa shape index (κ1) is 15.1. The molecule has 0 atom stereocenters. The van der Waals surface area contributed by atoms with Crippen LogP contribution in [0, 0.1) is 10.1 Å². The molecular weight excluding hydrogens is 324 g/mol. The molecule has 126 valence electrons. The van der Waals surface area contributed by atoms with E-state index in [0.29, 0.717) is 11.7 Å². The highest BCUT2D eigenvalue weighted by molar-refractivity contribution is 6.31. The number of para-hydroxylation sites is 2. The van der Waals surface area contributed by atoms with Gasteiger partial charge in [-0.3, -0.25) is 19.8 Å². The second-order valence-corrected chi connectivity index (χ2v) is 5.66. The van der Waals surface area contributed by atoms with Crippen LogP contribution in [0.2, 0.25) is 0 Å². The summed E-state index contributed by atoms with van der Waals surface area (Å²) in [6.45, 7) is 2.79. The maximum absolute atomic E-state index is 12.4. The Hall–Kier alpha value is -3.42. The van der Waals surface area contributed by atoms with E-state index < -0.39 is 10.8 Å². The lowest BCUT2D eigenvalue weighted by molar-refractivity contribution is -0.402. The van der Waals surface area contributed by atoms with Crippen LogP contribution in [0.4, 0.5) is 17.3 Å². The molecule has 4 rings (SSSR count). The van der Waals surface area contributed by atoms with Crippen molar-refractivity contribution in [2.75, 3.05) is 16.3 Å². The van der Waals surface area contributed by atoms with Crippen LogP contribution in [0.25, 0.3) is 6.08 Å². The van der Waals surface area contributed by atoms with Gasteiger partial charge in [0, 0.05) is 12.6 Å². The van der Waals surface area contributed by atoms with Gasteiger partial charge in [0.25, 0.3) is 5.91 Å². The smallest absolute Gasteiger partial charge is 0.401 e. The summed E-state index contributed by atoms with van der Waals surface area (Å²) in [5, 5.41) is 10.8. The number of carbonyl (C=O) groups is 1. The summed E-state index contributed by atoms with van der Waals surface area (Å²) in [5.74, 6) is 0.0239. The quantitative estimate of drug-likeness (QED) is 0.483. The summed E-state index contributed by atoms with van der Waals surface area (Å²) in [5.41, 5.74) is 2.14. The van der Waals surface area contributed by atoms with E-state index >= 15 is 0 Å². The van der Waals surface area contributed by atoms with Crippen LogP contribution in [0.1, 0.15) is 19.1 Å². The molecule has 1 aromatic heterocycles. The van der Waals surface area contributed by atoms with Gasteiger partial charge >= 0.3 is 5.88 Å². The highest BCUT2D eigenvalue weighted by Crippen LogP contribution is 2.42. The Labute approximate surface area is 142 Å². The first-order valence-corrected chi connectivity index (χ1v) is 7.86. The number of hydrogen-bond donors (Lipinski definition) is 0. The Kier molecular flexibility index (Phi) is 3.38. The van der Waals surface area contributed by atoms with Gasteiger partial charge in [0.15, 0.2) is 0 Å². The fourth-order valence-corrected chi connectivity index (χ4v) is 3.03. The molecule has 0 bridgehead atoms. The van der Waals surface area contributed by atoms with Gasteiger partial charge in [0.1, 0.15) is 16.4 Å². The lowest BCUT2D eigenvalue weighted by Gasteiger charge is -2.18. The number of amides is 1. The van der Waals surface area contributed by atoms with Crippen molar-refractivity contribution in [1.29, 1.82) is 0 Å². The number of benzene rings is 1. The first-order chi connectivity index (χ1) is 12.1. The van der Waals surface area contributed by atoms with Gasteiger partial charge in [-0.15, -0.1) is 0 Å². The first-order valence-electron chi connectivity index (χ1n) is 7.86. The zero-order valence-corrected chi connectivity index (χ0v) is 13.4. The summed E-state index contributed by atoms with van der Waals surface area (Å²) < 4.78 is 5.15. The number of anilines is 2. The minimum absolute atomic E-state index is 0.234. The maximum Gasteiger partial charge on any atom is 0.433 e. The summed E-state index contributed by atoms with van der Waals surface area (Å²) in [6.07, 6.45) is 2.39. The molecule has 8 nitrogen and oxygen atoms in total. The zero-order chi connectivity index (χ0) is 17.6. The standard InChI is InChI=1S/C17H14N4O4/c1-2-9-19-12-5-3-4-6-13(12)20-14(16(22)18-17(19)20)10-11-7-8-15(25-11)21(23)24/h3-8,10H,2,9H2,1H3. The number of carbonyl (C=O) groups excluding carboxylic acids is 1. The molecule has 8 heteroatoms. The molecule has 0 saturated carbocycles. The van der Waals surface area contributed by atoms with Crippen LogP contribution in [-0.2, 0) is 4.79 Å². The van der Waals surface area contributed by atoms with E-state index in [1.165, 1.54) is 18.2 Å². The molecule has 0 unspecified atom stereocenters. The fraction of sp³-hybridized carbons (Fsp3) is 0.176. The third kappa shape index (κ3) is 2.30. The Balaban J connectivity index is 1.78. The average molecular weight is 338 g/mol. The summed E-state index contributed by atoms with van der Waals surface area (Å²) >= 11 is 0. The molecule has 0 radical (unpaired) electrons.